The summed E-state index contributed by atoms with van der Waals surface area (Å²) >= 11 is 0. The number of benzene rings is 2. The molecule has 0 saturated heterocycles. The summed E-state index contributed by atoms with van der Waals surface area (Å²) in [4.78, 5) is 13.6. The molecule has 1 aromatic heterocycles. The van der Waals surface area contributed by atoms with Crippen LogP contribution in [0.1, 0.15) is 38.8 Å². The normalized spacial score (nSPS) is 14.0. The van der Waals surface area contributed by atoms with Gasteiger partial charge in [-0.1, -0.05) is 11.6 Å². The second-order valence-electron chi connectivity index (χ2n) is 8.82. The van der Waals surface area contributed by atoms with Gasteiger partial charge >= 0.3 is 0 Å². The van der Waals surface area contributed by atoms with Crippen LogP contribution in [0.3, 0.4) is 0 Å². The molecule has 172 valence electrons. The van der Waals surface area contributed by atoms with Crippen LogP contribution in [-0.2, 0) is 6.42 Å². The van der Waals surface area contributed by atoms with Crippen molar-refractivity contribution < 1.29 is 29.2 Å². The van der Waals surface area contributed by atoms with Gasteiger partial charge in [0.1, 0.15) is 34.0 Å². The van der Waals surface area contributed by atoms with Crippen molar-refractivity contribution in [2.75, 3.05) is 7.11 Å². The van der Waals surface area contributed by atoms with Crippen LogP contribution < -0.4 is 14.9 Å². The zero-order valence-corrected chi connectivity index (χ0v) is 19.1. The summed E-state index contributed by atoms with van der Waals surface area (Å²) in [6.07, 6.45) is 5.68. The van der Waals surface area contributed by atoms with Crippen LogP contribution in [0, 0.1) is 0 Å². The van der Waals surface area contributed by atoms with E-state index in [1.54, 1.807) is 6.08 Å². The van der Waals surface area contributed by atoms with Crippen LogP contribution in [0.5, 0.6) is 28.7 Å². The highest BCUT2D eigenvalue weighted by Crippen LogP contribution is 2.44. The third kappa shape index (κ3) is 3.91. The van der Waals surface area contributed by atoms with Crippen molar-refractivity contribution in [3.05, 3.63) is 57.3 Å². The molecule has 0 unspecified atom stereocenters. The van der Waals surface area contributed by atoms with E-state index in [1.807, 2.05) is 39.8 Å². The molecule has 0 fully saturated rings. The molecule has 7 nitrogen and oxygen atoms in total. The summed E-state index contributed by atoms with van der Waals surface area (Å²) in [6, 6.07) is 3.96. The molecule has 3 N–H and O–H groups in total. The van der Waals surface area contributed by atoms with E-state index in [0.29, 0.717) is 11.3 Å². The molecule has 1 aliphatic heterocycles. The minimum atomic E-state index is -0.598. The Kier molecular flexibility index (Phi) is 5.36. The van der Waals surface area contributed by atoms with Crippen LogP contribution >= 0.6 is 0 Å². The third-order valence-electron chi connectivity index (χ3n) is 5.52. The quantitative estimate of drug-likeness (QED) is 0.366. The van der Waals surface area contributed by atoms with E-state index in [2.05, 4.69) is 0 Å². The lowest BCUT2D eigenvalue weighted by molar-refractivity contribution is 0.158. The molecule has 33 heavy (non-hydrogen) atoms. The number of allylic oxidation sites excluding steroid dienone is 2. The summed E-state index contributed by atoms with van der Waals surface area (Å²) in [6.45, 7) is 7.54. The summed E-state index contributed by atoms with van der Waals surface area (Å²) in [5.74, 6) is -0.155. The average molecular weight is 450 g/mol. The first kappa shape index (κ1) is 22.3. The van der Waals surface area contributed by atoms with Crippen LogP contribution in [0.25, 0.3) is 28.4 Å². The number of hydrogen-bond acceptors (Lipinski definition) is 7. The van der Waals surface area contributed by atoms with Gasteiger partial charge in [-0.25, -0.2) is 0 Å². The summed E-state index contributed by atoms with van der Waals surface area (Å²) < 4.78 is 17.2. The van der Waals surface area contributed by atoms with Gasteiger partial charge in [-0.15, -0.1) is 0 Å². The number of phenols is 3. The average Bonchev–Trinajstić information content (AvgIpc) is 2.72. The van der Waals surface area contributed by atoms with E-state index in [1.165, 1.54) is 25.3 Å². The minimum absolute atomic E-state index is 0.0276. The van der Waals surface area contributed by atoms with Crippen LogP contribution in [0.2, 0.25) is 0 Å². The predicted octanol–water partition coefficient (Wildman–Crippen LogP) is 5.28. The number of fused-ring (bicyclic) bond motifs is 3. The largest absolute Gasteiger partial charge is 0.507 e. The number of methoxy groups -OCH3 is 1. The lowest BCUT2D eigenvalue weighted by Gasteiger charge is -2.28. The number of hydrogen-bond donors (Lipinski definition) is 3. The van der Waals surface area contributed by atoms with Gasteiger partial charge in [0.25, 0.3) is 0 Å². The Bertz CT molecular complexity index is 1390. The Morgan fingerprint density at radius 2 is 1.82 bits per heavy atom. The number of aromatic hydroxyl groups is 3. The predicted molar refractivity (Wildman–Crippen MR) is 126 cm³/mol. The topological polar surface area (TPSA) is 109 Å². The zero-order valence-electron chi connectivity index (χ0n) is 19.1. The van der Waals surface area contributed by atoms with Gasteiger partial charge < -0.3 is 29.2 Å². The van der Waals surface area contributed by atoms with E-state index in [9.17, 15) is 20.1 Å². The van der Waals surface area contributed by atoms with Crippen LogP contribution in [0.15, 0.2) is 45.1 Å². The van der Waals surface area contributed by atoms with Crippen molar-refractivity contribution in [1.82, 2.24) is 0 Å². The molecule has 7 heteroatoms. The Morgan fingerprint density at radius 1 is 1.09 bits per heavy atom. The number of ether oxygens (including phenoxy) is 2. The molecule has 2 aromatic carbocycles. The molecule has 0 saturated carbocycles. The van der Waals surface area contributed by atoms with Gasteiger partial charge in [0.15, 0.2) is 17.1 Å². The van der Waals surface area contributed by atoms with Crippen molar-refractivity contribution >= 4 is 17.0 Å². The van der Waals surface area contributed by atoms with Gasteiger partial charge in [-0.3, -0.25) is 4.79 Å². The van der Waals surface area contributed by atoms with E-state index >= 15 is 0 Å². The first-order valence-corrected chi connectivity index (χ1v) is 10.5. The Morgan fingerprint density at radius 3 is 2.48 bits per heavy atom. The molecule has 4 rings (SSSR count). The molecule has 2 heterocycles. The zero-order chi connectivity index (χ0) is 24.1. The second kappa shape index (κ2) is 7.92. The second-order valence-corrected chi connectivity index (χ2v) is 8.82. The lowest BCUT2D eigenvalue weighted by Crippen LogP contribution is -2.27. The van der Waals surface area contributed by atoms with Crippen LogP contribution in [0.4, 0.5) is 0 Å². The maximum absolute atomic E-state index is 13.6. The van der Waals surface area contributed by atoms with Gasteiger partial charge in [-0.2, -0.15) is 0 Å². The van der Waals surface area contributed by atoms with E-state index in [0.717, 1.165) is 5.57 Å². The molecule has 0 aliphatic carbocycles. The molecule has 0 radical (unpaired) electrons. The maximum Gasteiger partial charge on any atom is 0.200 e. The summed E-state index contributed by atoms with van der Waals surface area (Å²) in [5, 5.41) is 31.7. The molecular formula is C26H26O7. The van der Waals surface area contributed by atoms with Gasteiger partial charge in [0, 0.05) is 17.7 Å². The highest BCUT2D eigenvalue weighted by atomic mass is 16.5. The monoisotopic (exact) mass is 450 g/mol. The van der Waals surface area contributed by atoms with Gasteiger partial charge in [0.05, 0.1) is 18.2 Å². The molecule has 0 atom stereocenters. The fraction of sp³-hybridized carbons (Fsp3) is 0.269. The Balaban J connectivity index is 2.11. The van der Waals surface area contributed by atoms with Gasteiger partial charge in [0.2, 0.25) is 5.43 Å². The molecule has 1 aliphatic rings. The number of rotatable bonds is 4. The molecular weight excluding hydrogens is 424 g/mol. The fourth-order valence-corrected chi connectivity index (χ4v) is 3.84. The van der Waals surface area contributed by atoms with E-state index in [4.69, 9.17) is 13.9 Å². The molecule has 0 spiro atoms. The first-order valence-electron chi connectivity index (χ1n) is 10.5. The van der Waals surface area contributed by atoms with Gasteiger partial charge in [-0.05, 0) is 52.3 Å². The standard InChI is InChI=1S/C26H26O7/c1-13(2)6-7-15-23(30)22-19(29)12-20-14(8-9-26(3,4)33-20)25(22)32-24(15)16-10-18(28)21(31-5)11-17(16)27/h6,8-12,27-29H,7H2,1-5H3. The number of phenolic OH excluding ortho intramolecular Hbond substituents is 3. The maximum atomic E-state index is 13.6. The molecule has 0 bridgehead atoms. The Labute approximate surface area is 190 Å². The van der Waals surface area contributed by atoms with Crippen molar-refractivity contribution in [2.24, 2.45) is 0 Å². The van der Waals surface area contributed by atoms with E-state index in [-0.39, 0.29) is 57.3 Å². The lowest BCUT2D eigenvalue weighted by atomic mass is 9.96. The smallest absolute Gasteiger partial charge is 0.200 e. The van der Waals surface area contributed by atoms with Crippen LogP contribution in [-0.4, -0.2) is 28.0 Å². The van der Waals surface area contributed by atoms with Crippen molar-refractivity contribution in [3.8, 4) is 40.1 Å². The minimum Gasteiger partial charge on any atom is -0.507 e. The highest BCUT2D eigenvalue weighted by Gasteiger charge is 2.28. The van der Waals surface area contributed by atoms with Crippen molar-refractivity contribution in [3.63, 3.8) is 0 Å². The fourth-order valence-electron chi connectivity index (χ4n) is 3.84. The summed E-state index contributed by atoms with van der Waals surface area (Å²) in [7, 11) is 1.37. The molecule has 3 aromatic rings. The first-order chi connectivity index (χ1) is 15.5. The van der Waals surface area contributed by atoms with Crippen molar-refractivity contribution in [1.29, 1.82) is 0 Å². The SMILES string of the molecule is COc1cc(O)c(-c2oc3c4c(cc(O)c3c(=O)c2CC=C(C)C)OC(C)(C)C=C4)cc1O. The van der Waals surface area contributed by atoms with Crippen molar-refractivity contribution in [2.45, 2.75) is 39.7 Å². The highest BCUT2D eigenvalue weighted by molar-refractivity contribution is 5.95. The Hall–Kier alpha value is -3.87. The molecule has 0 amide bonds. The summed E-state index contributed by atoms with van der Waals surface area (Å²) in [5.41, 5.74) is 0.952. The third-order valence-corrected chi connectivity index (χ3v) is 5.52. The van der Waals surface area contributed by atoms with E-state index < -0.39 is 11.0 Å².